The van der Waals surface area contributed by atoms with Crippen molar-refractivity contribution in [2.24, 2.45) is 5.92 Å². The van der Waals surface area contributed by atoms with Crippen molar-refractivity contribution in [1.29, 1.82) is 0 Å². The number of anilines is 2. The maximum Gasteiger partial charge on any atom is 0.319 e. The van der Waals surface area contributed by atoms with Crippen LogP contribution in [-0.2, 0) is 0 Å². The lowest BCUT2D eigenvalue weighted by Gasteiger charge is -2.32. The second-order valence-corrected chi connectivity index (χ2v) is 7.44. The number of aliphatic hydroxyl groups is 1. The Kier molecular flexibility index (Phi) is 5.29. The summed E-state index contributed by atoms with van der Waals surface area (Å²) < 4.78 is 0. The number of rotatable bonds is 4. The van der Waals surface area contributed by atoms with E-state index in [1.54, 1.807) is 0 Å². The zero-order valence-electron chi connectivity index (χ0n) is 14.6. The number of benzene rings is 1. The van der Waals surface area contributed by atoms with Crippen molar-refractivity contribution in [2.75, 3.05) is 29.9 Å². The van der Waals surface area contributed by atoms with Gasteiger partial charge in [-0.05, 0) is 55.9 Å². The first-order valence-corrected chi connectivity index (χ1v) is 9.15. The van der Waals surface area contributed by atoms with Crippen LogP contribution >= 0.6 is 0 Å². The third-order valence-electron chi connectivity index (χ3n) is 5.52. The van der Waals surface area contributed by atoms with Crippen molar-refractivity contribution in [2.45, 2.75) is 51.0 Å². The van der Waals surface area contributed by atoms with Crippen LogP contribution in [0, 0.1) is 5.92 Å². The summed E-state index contributed by atoms with van der Waals surface area (Å²) in [5.41, 5.74) is 1.57. The van der Waals surface area contributed by atoms with E-state index in [0.29, 0.717) is 0 Å². The van der Waals surface area contributed by atoms with E-state index < -0.39 is 5.54 Å². The van der Waals surface area contributed by atoms with Gasteiger partial charge in [0.05, 0.1) is 12.1 Å². The number of piperidine rings is 1. The van der Waals surface area contributed by atoms with Crippen LogP contribution in [0.5, 0.6) is 0 Å². The van der Waals surface area contributed by atoms with Gasteiger partial charge in [0, 0.05) is 24.5 Å². The van der Waals surface area contributed by atoms with E-state index >= 15 is 0 Å². The summed E-state index contributed by atoms with van der Waals surface area (Å²) in [6.07, 6.45) is 6.30. The molecule has 2 amide bonds. The zero-order valence-corrected chi connectivity index (χ0v) is 14.6. The molecule has 0 spiro atoms. The highest BCUT2D eigenvalue weighted by molar-refractivity contribution is 5.90. The number of aliphatic hydroxyl groups excluding tert-OH is 1. The average molecular weight is 331 g/mol. The molecule has 1 aliphatic carbocycles. The summed E-state index contributed by atoms with van der Waals surface area (Å²) in [5.74, 6) is 0.820. The van der Waals surface area contributed by atoms with Gasteiger partial charge in [-0.1, -0.05) is 19.8 Å². The Bertz CT molecular complexity index is 544. The summed E-state index contributed by atoms with van der Waals surface area (Å²) >= 11 is 0. The molecule has 2 fully saturated rings. The maximum absolute atomic E-state index is 12.2. The van der Waals surface area contributed by atoms with Gasteiger partial charge < -0.3 is 20.6 Å². The van der Waals surface area contributed by atoms with E-state index in [4.69, 9.17) is 0 Å². The Balaban J connectivity index is 1.55. The highest BCUT2D eigenvalue weighted by Crippen LogP contribution is 2.29. The number of carbonyl (C=O) groups is 1. The molecule has 1 saturated carbocycles. The molecule has 24 heavy (non-hydrogen) atoms. The summed E-state index contributed by atoms with van der Waals surface area (Å²) in [7, 11) is 0. The fourth-order valence-electron chi connectivity index (χ4n) is 3.80. The minimum Gasteiger partial charge on any atom is -0.394 e. The van der Waals surface area contributed by atoms with E-state index in [1.807, 2.05) is 12.1 Å². The van der Waals surface area contributed by atoms with Gasteiger partial charge in [-0.2, -0.15) is 0 Å². The van der Waals surface area contributed by atoms with Gasteiger partial charge in [0.1, 0.15) is 0 Å². The zero-order chi connectivity index (χ0) is 17.0. The normalized spacial score (nSPS) is 20.8. The van der Waals surface area contributed by atoms with Gasteiger partial charge >= 0.3 is 6.03 Å². The van der Waals surface area contributed by atoms with Crippen LogP contribution in [0.4, 0.5) is 16.2 Å². The first kappa shape index (κ1) is 17.1. The lowest BCUT2D eigenvalue weighted by molar-refractivity contribution is 0.167. The van der Waals surface area contributed by atoms with Crippen LogP contribution in [0.25, 0.3) is 0 Å². The second kappa shape index (κ2) is 7.43. The first-order valence-electron chi connectivity index (χ1n) is 9.15. The highest BCUT2D eigenvalue weighted by atomic mass is 16.3. The number of amides is 2. The highest BCUT2D eigenvalue weighted by Gasteiger charge is 2.34. The van der Waals surface area contributed by atoms with E-state index in [0.717, 1.165) is 50.4 Å². The molecule has 1 saturated heterocycles. The number of hydrogen-bond donors (Lipinski definition) is 3. The fraction of sp³-hybridized carbons (Fsp3) is 0.632. The Labute approximate surface area is 144 Å². The Morgan fingerprint density at radius 2 is 1.83 bits per heavy atom. The standard InChI is InChI=1S/C19H29N3O2/c1-15-8-12-22(13-9-15)17-6-4-16(5-7-17)20-18(24)21-19(14-23)10-2-3-11-19/h4-7,15,23H,2-3,8-14H2,1H3,(H2,20,21,24). The minimum absolute atomic E-state index is 0.00669. The number of hydrogen-bond acceptors (Lipinski definition) is 3. The molecule has 1 aromatic carbocycles. The van der Waals surface area contributed by atoms with Crippen LogP contribution in [0.2, 0.25) is 0 Å². The number of nitrogens with zero attached hydrogens (tertiary/aromatic N) is 1. The Morgan fingerprint density at radius 3 is 2.42 bits per heavy atom. The molecule has 0 unspecified atom stereocenters. The van der Waals surface area contributed by atoms with Gasteiger partial charge in [-0.15, -0.1) is 0 Å². The van der Waals surface area contributed by atoms with Gasteiger partial charge in [-0.25, -0.2) is 4.79 Å². The second-order valence-electron chi connectivity index (χ2n) is 7.44. The molecule has 0 bridgehead atoms. The van der Waals surface area contributed by atoms with Crippen molar-refractivity contribution in [3.63, 3.8) is 0 Å². The van der Waals surface area contributed by atoms with Crippen molar-refractivity contribution in [3.05, 3.63) is 24.3 Å². The molecule has 5 nitrogen and oxygen atoms in total. The monoisotopic (exact) mass is 331 g/mol. The van der Waals surface area contributed by atoms with Crippen LogP contribution < -0.4 is 15.5 Å². The van der Waals surface area contributed by atoms with Gasteiger partial charge in [0.15, 0.2) is 0 Å². The molecule has 0 aromatic heterocycles. The average Bonchev–Trinajstić information content (AvgIpc) is 3.05. The van der Waals surface area contributed by atoms with E-state index in [9.17, 15) is 9.90 Å². The molecule has 5 heteroatoms. The fourth-order valence-corrected chi connectivity index (χ4v) is 3.80. The van der Waals surface area contributed by atoms with Crippen molar-refractivity contribution < 1.29 is 9.90 Å². The minimum atomic E-state index is -0.436. The largest absolute Gasteiger partial charge is 0.394 e. The molecular formula is C19H29N3O2. The third-order valence-corrected chi connectivity index (χ3v) is 5.52. The summed E-state index contributed by atoms with van der Waals surface area (Å²) in [6.45, 7) is 4.53. The smallest absolute Gasteiger partial charge is 0.319 e. The maximum atomic E-state index is 12.2. The molecule has 3 N–H and O–H groups in total. The molecule has 3 rings (SSSR count). The quantitative estimate of drug-likeness (QED) is 0.793. The third kappa shape index (κ3) is 4.01. The predicted octanol–water partition coefficient (Wildman–Crippen LogP) is 3.35. The lowest BCUT2D eigenvalue weighted by Crippen LogP contribution is -2.50. The molecule has 1 aromatic rings. The Hall–Kier alpha value is -1.75. The molecule has 0 atom stereocenters. The molecule has 132 valence electrons. The van der Waals surface area contributed by atoms with Gasteiger partial charge in [0.2, 0.25) is 0 Å². The van der Waals surface area contributed by atoms with E-state index in [2.05, 4.69) is 34.6 Å². The lowest BCUT2D eigenvalue weighted by atomic mass is 9.99. The summed E-state index contributed by atoms with van der Waals surface area (Å²) in [5, 5.41) is 15.4. The molecule has 1 heterocycles. The predicted molar refractivity (Wildman–Crippen MR) is 97.5 cm³/mol. The molecule has 0 radical (unpaired) electrons. The summed E-state index contributed by atoms with van der Waals surface area (Å²) in [6, 6.07) is 7.82. The van der Waals surface area contributed by atoms with Crippen LogP contribution in [-0.4, -0.2) is 36.4 Å². The SMILES string of the molecule is CC1CCN(c2ccc(NC(=O)NC3(CO)CCCC3)cc2)CC1. The van der Waals surface area contributed by atoms with Crippen LogP contribution in [0.15, 0.2) is 24.3 Å². The number of nitrogens with one attached hydrogen (secondary N) is 2. The number of urea groups is 1. The van der Waals surface area contributed by atoms with Crippen LogP contribution in [0.3, 0.4) is 0 Å². The van der Waals surface area contributed by atoms with Gasteiger partial charge in [-0.3, -0.25) is 0 Å². The molecular weight excluding hydrogens is 302 g/mol. The summed E-state index contributed by atoms with van der Waals surface area (Å²) in [4.78, 5) is 14.6. The van der Waals surface area contributed by atoms with Crippen molar-refractivity contribution >= 4 is 17.4 Å². The molecule has 2 aliphatic rings. The van der Waals surface area contributed by atoms with Crippen LogP contribution in [0.1, 0.15) is 45.4 Å². The number of carbonyl (C=O) groups excluding carboxylic acids is 1. The molecule has 1 aliphatic heterocycles. The van der Waals surface area contributed by atoms with Gasteiger partial charge in [0.25, 0.3) is 0 Å². The van der Waals surface area contributed by atoms with Crippen molar-refractivity contribution in [1.82, 2.24) is 5.32 Å². The first-order chi connectivity index (χ1) is 11.6. The Morgan fingerprint density at radius 1 is 1.21 bits per heavy atom. The topological polar surface area (TPSA) is 64.6 Å². The van der Waals surface area contributed by atoms with E-state index in [1.165, 1.54) is 18.5 Å². The van der Waals surface area contributed by atoms with Crippen molar-refractivity contribution in [3.8, 4) is 0 Å². The van der Waals surface area contributed by atoms with E-state index in [-0.39, 0.29) is 12.6 Å².